The molecule has 4 rings (SSSR count). The van der Waals surface area contributed by atoms with Crippen LogP contribution in [0.2, 0.25) is 0 Å². The Hall–Kier alpha value is -3.66. The van der Waals surface area contributed by atoms with E-state index in [1.807, 2.05) is 49.5 Å². The number of carbonyl (C=O) groups excluding carboxylic acids is 1. The number of primary amides is 1. The van der Waals surface area contributed by atoms with Crippen LogP contribution in [0.1, 0.15) is 27.3 Å². The topological polar surface area (TPSA) is 101 Å². The molecule has 0 spiro atoms. The third-order valence-electron chi connectivity index (χ3n) is 3.79. The second-order valence-electron chi connectivity index (χ2n) is 5.46. The average Bonchev–Trinajstić information content (AvgIpc) is 3.10. The summed E-state index contributed by atoms with van der Waals surface area (Å²) in [5.74, 6) is -0.432. The van der Waals surface area contributed by atoms with Crippen LogP contribution in [0.4, 0.5) is 0 Å². The van der Waals surface area contributed by atoms with Gasteiger partial charge in [0.15, 0.2) is 0 Å². The van der Waals surface area contributed by atoms with Gasteiger partial charge in [-0.15, -0.1) is 0 Å². The van der Waals surface area contributed by atoms with E-state index in [0.717, 1.165) is 16.7 Å². The number of hydrogen-bond acceptors (Lipinski definition) is 4. The fraction of sp³-hybridized carbons (Fsp3) is 0.111. The van der Waals surface area contributed by atoms with Gasteiger partial charge in [0.25, 0.3) is 5.91 Å². The lowest BCUT2D eigenvalue weighted by molar-refractivity contribution is 0.100. The molecule has 4 aromatic heterocycles. The van der Waals surface area contributed by atoms with Crippen LogP contribution in [-0.2, 0) is 0 Å². The van der Waals surface area contributed by atoms with Gasteiger partial charge in [-0.1, -0.05) is 12.1 Å². The Morgan fingerprint density at radius 1 is 1.00 bits per heavy atom. The summed E-state index contributed by atoms with van der Waals surface area (Å²) >= 11 is 0. The fourth-order valence-electron chi connectivity index (χ4n) is 2.68. The van der Waals surface area contributed by atoms with E-state index in [2.05, 4.69) is 16.3 Å². The number of rotatable bonds is 1. The van der Waals surface area contributed by atoms with Gasteiger partial charge in [0.05, 0.1) is 28.0 Å². The summed E-state index contributed by atoms with van der Waals surface area (Å²) in [5.41, 5.74) is 9.47. The minimum absolute atomic E-state index is 0.432. The molecule has 0 saturated carbocycles. The zero-order valence-electron chi connectivity index (χ0n) is 13.8. The van der Waals surface area contributed by atoms with E-state index in [1.165, 1.54) is 0 Å². The largest absolute Gasteiger partial charge is 0.365 e. The Kier molecular flexibility index (Phi) is 4.18. The fourth-order valence-corrected chi connectivity index (χ4v) is 2.68. The molecule has 25 heavy (non-hydrogen) atoms. The van der Waals surface area contributed by atoms with Gasteiger partial charge in [-0.25, -0.2) is 9.03 Å². The molecule has 0 fully saturated rings. The van der Waals surface area contributed by atoms with Crippen LogP contribution in [-0.4, -0.2) is 25.1 Å². The highest BCUT2D eigenvalue weighted by atomic mass is 16.1. The predicted octanol–water partition coefficient (Wildman–Crippen LogP) is 2.26. The third kappa shape index (κ3) is 2.93. The van der Waals surface area contributed by atoms with Crippen molar-refractivity contribution < 1.29 is 4.79 Å². The van der Waals surface area contributed by atoms with Gasteiger partial charge < -0.3 is 5.73 Å². The second kappa shape index (κ2) is 6.45. The van der Waals surface area contributed by atoms with Crippen molar-refractivity contribution in [2.24, 2.45) is 5.73 Å². The van der Waals surface area contributed by atoms with E-state index < -0.39 is 5.91 Å². The number of aromatic nitrogens is 4. The van der Waals surface area contributed by atoms with E-state index in [4.69, 9.17) is 11.0 Å². The minimum Gasteiger partial charge on any atom is -0.365 e. The van der Waals surface area contributed by atoms with E-state index in [0.29, 0.717) is 16.8 Å². The van der Waals surface area contributed by atoms with Gasteiger partial charge in [0.1, 0.15) is 11.6 Å². The summed E-state index contributed by atoms with van der Waals surface area (Å²) in [6, 6.07) is 13.3. The van der Waals surface area contributed by atoms with Crippen LogP contribution in [0.25, 0.3) is 11.0 Å². The van der Waals surface area contributed by atoms with E-state index in [1.54, 1.807) is 22.2 Å². The van der Waals surface area contributed by atoms with Crippen LogP contribution in [0.15, 0.2) is 48.8 Å². The smallest absolute Gasteiger partial charge is 0.252 e. The van der Waals surface area contributed by atoms with Crippen molar-refractivity contribution in [2.75, 3.05) is 0 Å². The molecule has 4 aromatic rings. The molecule has 0 radical (unpaired) electrons. The van der Waals surface area contributed by atoms with Gasteiger partial charge in [-0.3, -0.25) is 4.79 Å². The molecule has 7 heteroatoms. The first kappa shape index (κ1) is 16.2. The second-order valence-corrected chi connectivity index (χ2v) is 5.46. The zero-order valence-corrected chi connectivity index (χ0v) is 13.8. The highest BCUT2D eigenvalue weighted by Crippen LogP contribution is 2.14. The van der Waals surface area contributed by atoms with Crippen molar-refractivity contribution in [1.82, 2.24) is 19.2 Å². The van der Waals surface area contributed by atoms with E-state index in [9.17, 15) is 4.79 Å². The maximum absolute atomic E-state index is 11.1. The van der Waals surface area contributed by atoms with Crippen LogP contribution in [0, 0.1) is 25.2 Å². The van der Waals surface area contributed by atoms with Crippen molar-refractivity contribution in [3.8, 4) is 6.07 Å². The SMILES string of the molecule is Cc1nn2ccccc2c1C#N.Cc1nn2ccccc2c1C(N)=O. The number of amides is 1. The number of pyridine rings is 2. The van der Waals surface area contributed by atoms with E-state index in [-0.39, 0.29) is 0 Å². The number of nitrogens with zero attached hydrogens (tertiary/aromatic N) is 5. The molecule has 0 aliphatic carbocycles. The van der Waals surface area contributed by atoms with Crippen LogP contribution >= 0.6 is 0 Å². The van der Waals surface area contributed by atoms with Crippen LogP contribution in [0.5, 0.6) is 0 Å². The summed E-state index contributed by atoms with van der Waals surface area (Å²) in [4.78, 5) is 11.1. The molecule has 0 atom stereocenters. The number of carbonyl (C=O) groups is 1. The van der Waals surface area contributed by atoms with Gasteiger partial charge >= 0.3 is 0 Å². The maximum Gasteiger partial charge on any atom is 0.252 e. The Morgan fingerprint density at radius 3 is 2.16 bits per heavy atom. The quantitative estimate of drug-likeness (QED) is 0.577. The van der Waals surface area contributed by atoms with Crippen molar-refractivity contribution in [1.29, 1.82) is 5.26 Å². The summed E-state index contributed by atoms with van der Waals surface area (Å²) in [6.07, 6.45) is 3.62. The lowest BCUT2D eigenvalue weighted by Crippen LogP contribution is -2.11. The Labute approximate surface area is 143 Å². The molecule has 0 bridgehead atoms. The van der Waals surface area contributed by atoms with Gasteiger partial charge in [-0.05, 0) is 38.1 Å². The summed E-state index contributed by atoms with van der Waals surface area (Å²) in [5, 5.41) is 17.1. The van der Waals surface area contributed by atoms with Crippen molar-refractivity contribution >= 4 is 16.9 Å². The Bertz CT molecular complexity index is 1120. The molecule has 0 aliphatic rings. The number of hydrogen-bond donors (Lipinski definition) is 1. The predicted molar refractivity (Wildman–Crippen MR) is 93.1 cm³/mol. The molecular weight excluding hydrogens is 316 g/mol. The summed E-state index contributed by atoms with van der Waals surface area (Å²) in [6.45, 7) is 3.61. The molecule has 124 valence electrons. The summed E-state index contributed by atoms with van der Waals surface area (Å²) < 4.78 is 3.36. The van der Waals surface area contributed by atoms with Gasteiger partial charge in [0, 0.05) is 12.4 Å². The van der Waals surface area contributed by atoms with Crippen LogP contribution < -0.4 is 5.73 Å². The molecule has 0 aromatic carbocycles. The average molecular weight is 332 g/mol. The highest BCUT2D eigenvalue weighted by molar-refractivity contribution is 6.00. The lowest BCUT2D eigenvalue weighted by Gasteiger charge is -1.92. The van der Waals surface area contributed by atoms with Crippen molar-refractivity contribution in [3.05, 3.63) is 71.3 Å². The standard InChI is InChI=1S/C9H9N3O.C9H7N3/c1-6-8(9(10)13)7-4-2-3-5-12(7)11-6;1-7-8(6-10)9-4-2-3-5-12(9)11-7/h2-5H,1H3,(H2,10,13);2-5H,1H3. The number of fused-ring (bicyclic) bond motifs is 2. The number of nitriles is 1. The number of aryl methyl sites for hydroxylation is 2. The van der Waals surface area contributed by atoms with Crippen molar-refractivity contribution in [3.63, 3.8) is 0 Å². The maximum atomic E-state index is 11.1. The molecular formula is C18H16N6O. The number of nitrogens with two attached hydrogens (primary N) is 1. The minimum atomic E-state index is -0.432. The summed E-state index contributed by atoms with van der Waals surface area (Å²) in [7, 11) is 0. The van der Waals surface area contributed by atoms with E-state index >= 15 is 0 Å². The van der Waals surface area contributed by atoms with Crippen molar-refractivity contribution in [2.45, 2.75) is 13.8 Å². The first-order chi connectivity index (χ1) is 12.0. The highest BCUT2D eigenvalue weighted by Gasteiger charge is 2.12. The first-order valence-electron chi connectivity index (χ1n) is 7.60. The van der Waals surface area contributed by atoms with Gasteiger partial charge in [-0.2, -0.15) is 15.5 Å². The molecule has 7 nitrogen and oxygen atoms in total. The molecule has 0 aliphatic heterocycles. The molecule has 1 amide bonds. The monoisotopic (exact) mass is 332 g/mol. The van der Waals surface area contributed by atoms with Crippen LogP contribution in [0.3, 0.4) is 0 Å². The molecule has 4 heterocycles. The lowest BCUT2D eigenvalue weighted by atomic mass is 10.2. The molecule has 0 unspecified atom stereocenters. The Balaban J connectivity index is 0.000000146. The first-order valence-corrected chi connectivity index (χ1v) is 7.60. The molecule has 2 N–H and O–H groups in total. The third-order valence-corrected chi connectivity index (χ3v) is 3.79. The zero-order chi connectivity index (χ0) is 18.0. The van der Waals surface area contributed by atoms with Gasteiger partial charge in [0.2, 0.25) is 0 Å². The Morgan fingerprint density at radius 2 is 1.56 bits per heavy atom. The normalized spacial score (nSPS) is 10.3. The molecule has 0 saturated heterocycles.